The molecule has 0 amide bonds. The molecule has 2 N–H and O–H groups in total. The summed E-state index contributed by atoms with van der Waals surface area (Å²) in [5.74, 6) is 0. The Bertz CT molecular complexity index is 895. The Morgan fingerprint density at radius 1 is 1.16 bits per heavy atom. The van der Waals surface area contributed by atoms with E-state index in [4.69, 9.17) is 12.2 Å². The number of hydrogen-bond donors (Lipinski definition) is 2. The van der Waals surface area contributed by atoms with Gasteiger partial charge in [-0.2, -0.15) is 0 Å². The Hall–Kier alpha value is -2.18. The van der Waals surface area contributed by atoms with Gasteiger partial charge in [-0.05, 0) is 67.2 Å². The lowest BCUT2D eigenvalue weighted by Gasteiger charge is -2.27. The lowest BCUT2D eigenvalue weighted by atomic mass is 10.0. The monoisotopic (exact) mass is 412 g/mol. The van der Waals surface area contributed by atoms with Crippen molar-refractivity contribution in [3.05, 3.63) is 82.3 Å². The summed E-state index contributed by atoms with van der Waals surface area (Å²) in [4.78, 5) is 10.1. The molecule has 0 bridgehead atoms. The van der Waals surface area contributed by atoms with Gasteiger partial charge in [-0.3, -0.25) is 4.98 Å². The van der Waals surface area contributed by atoms with Crippen LogP contribution in [0.4, 0.5) is 5.69 Å². The maximum Gasteiger partial charge on any atom is 0.174 e. The number of halogens is 1. The molecule has 0 spiro atoms. The quantitative estimate of drug-likeness (QED) is 0.614. The minimum atomic E-state index is -0.0173. The molecule has 1 aliphatic heterocycles. The van der Waals surface area contributed by atoms with Crippen molar-refractivity contribution in [3.63, 3.8) is 0 Å². The van der Waals surface area contributed by atoms with Gasteiger partial charge in [0.05, 0.1) is 11.7 Å². The summed E-state index contributed by atoms with van der Waals surface area (Å²) < 4.78 is 1.09. The topological polar surface area (TPSA) is 44.0 Å². The second-order valence-corrected chi connectivity index (χ2v) is 7.30. The van der Waals surface area contributed by atoms with Gasteiger partial charge < -0.3 is 15.2 Å². The predicted molar refractivity (Wildman–Crippen MR) is 108 cm³/mol. The number of benzene rings is 1. The van der Waals surface area contributed by atoms with Gasteiger partial charge in [0.25, 0.3) is 0 Å². The highest BCUT2D eigenvalue weighted by Gasteiger charge is 2.41. The second-order valence-electron chi connectivity index (χ2n) is 6.06. The van der Waals surface area contributed by atoms with Gasteiger partial charge in [-0.15, -0.1) is 0 Å². The average Bonchev–Trinajstić information content (AvgIpc) is 3.25. The van der Waals surface area contributed by atoms with E-state index in [-0.39, 0.29) is 12.1 Å². The number of aryl methyl sites for hydroxylation is 1. The lowest BCUT2D eigenvalue weighted by Crippen LogP contribution is -2.29. The zero-order valence-corrected chi connectivity index (χ0v) is 16.0. The molecule has 0 unspecified atom stereocenters. The van der Waals surface area contributed by atoms with Crippen LogP contribution in [0.25, 0.3) is 0 Å². The molecule has 1 aromatic carbocycles. The largest absolute Gasteiger partial charge is 0.363 e. The molecular weight excluding hydrogens is 396 g/mol. The van der Waals surface area contributed by atoms with E-state index in [2.05, 4.69) is 67.3 Å². The van der Waals surface area contributed by atoms with Crippen LogP contribution in [-0.4, -0.2) is 15.1 Å². The van der Waals surface area contributed by atoms with Crippen molar-refractivity contribution in [1.29, 1.82) is 0 Å². The summed E-state index contributed by atoms with van der Waals surface area (Å²) in [7, 11) is 0. The molecule has 4 nitrogen and oxygen atoms in total. The summed E-state index contributed by atoms with van der Waals surface area (Å²) in [6.07, 6.45) is 3.76. The van der Waals surface area contributed by atoms with Crippen LogP contribution < -0.4 is 10.2 Å². The van der Waals surface area contributed by atoms with Crippen molar-refractivity contribution < 1.29 is 0 Å². The van der Waals surface area contributed by atoms with Crippen LogP contribution >= 0.6 is 28.1 Å². The molecule has 25 heavy (non-hydrogen) atoms. The van der Waals surface area contributed by atoms with Gasteiger partial charge >= 0.3 is 0 Å². The van der Waals surface area contributed by atoms with E-state index >= 15 is 0 Å². The summed E-state index contributed by atoms with van der Waals surface area (Å²) in [6.45, 7) is 2.08. The Labute approximate surface area is 160 Å². The van der Waals surface area contributed by atoms with Crippen LogP contribution in [0.15, 0.2) is 65.4 Å². The van der Waals surface area contributed by atoms with Gasteiger partial charge in [0.1, 0.15) is 6.04 Å². The van der Waals surface area contributed by atoms with Gasteiger partial charge in [-0.1, -0.05) is 22.0 Å². The maximum absolute atomic E-state index is 5.69. The molecule has 0 aliphatic carbocycles. The molecule has 2 aromatic heterocycles. The number of anilines is 1. The van der Waals surface area contributed by atoms with Crippen LogP contribution in [0.5, 0.6) is 0 Å². The third-order valence-corrected chi connectivity index (χ3v) is 5.66. The summed E-state index contributed by atoms with van der Waals surface area (Å²) in [6, 6.07) is 16.4. The van der Waals surface area contributed by atoms with E-state index in [0.29, 0.717) is 5.11 Å². The minimum Gasteiger partial charge on any atom is -0.363 e. The van der Waals surface area contributed by atoms with Crippen LogP contribution in [0, 0.1) is 6.92 Å². The van der Waals surface area contributed by atoms with Crippen LogP contribution in [0.2, 0.25) is 0 Å². The van der Waals surface area contributed by atoms with Gasteiger partial charge in [0.15, 0.2) is 5.11 Å². The zero-order chi connectivity index (χ0) is 17.4. The van der Waals surface area contributed by atoms with Crippen LogP contribution in [0.3, 0.4) is 0 Å². The summed E-state index contributed by atoms with van der Waals surface area (Å²) in [5, 5.41) is 4.16. The molecular formula is C19H17BrN4S. The normalized spacial score (nSPS) is 19.9. The molecule has 1 aliphatic rings. The predicted octanol–water partition coefficient (Wildman–Crippen LogP) is 4.66. The Morgan fingerprint density at radius 3 is 2.72 bits per heavy atom. The molecule has 3 aromatic rings. The van der Waals surface area contributed by atoms with Crippen molar-refractivity contribution in [2.24, 2.45) is 0 Å². The SMILES string of the molecule is Cc1cc(N2C(=S)N[C@@H](c3ccccn3)[C@@H]2c2ccc[nH]2)ccc1Br. The third kappa shape index (κ3) is 2.96. The fraction of sp³-hybridized carbons (Fsp3) is 0.158. The fourth-order valence-electron chi connectivity index (χ4n) is 3.26. The third-order valence-electron chi connectivity index (χ3n) is 4.46. The van der Waals surface area contributed by atoms with Gasteiger partial charge in [0, 0.05) is 28.2 Å². The minimum absolute atomic E-state index is 0.0120. The first-order chi connectivity index (χ1) is 12.1. The Balaban J connectivity index is 1.82. The number of hydrogen-bond acceptors (Lipinski definition) is 2. The number of aromatic amines is 1. The number of nitrogens with one attached hydrogen (secondary N) is 2. The van der Waals surface area contributed by atoms with Gasteiger partial charge in [0.2, 0.25) is 0 Å². The highest BCUT2D eigenvalue weighted by molar-refractivity contribution is 9.10. The first-order valence-electron chi connectivity index (χ1n) is 8.05. The van der Waals surface area contributed by atoms with Crippen molar-refractivity contribution in [2.75, 3.05) is 4.90 Å². The number of nitrogens with zero attached hydrogens (tertiary/aromatic N) is 2. The lowest BCUT2D eigenvalue weighted by molar-refractivity contribution is 0.558. The molecule has 6 heteroatoms. The number of pyridine rings is 1. The van der Waals surface area contributed by atoms with E-state index in [1.165, 1.54) is 5.56 Å². The Morgan fingerprint density at radius 2 is 2.04 bits per heavy atom. The van der Waals surface area contributed by atoms with Gasteiger partial charge in [-0.25, -0.2) is 0 Å². The van der Waals surface area contributed by atoms with Crippen LogP contribution in [0.1, 0.15) is 29.0 Å². The number of H-pyrrole nitrogens is 1. The first kappa shape index (κ1) is 16.3. The van der Waals surface area contributed by atoms with Crippen molar-refractivity contribution in [1.82, 2.24) is 15.3 Å². The number of aromatic nitrogens is 2. The standard InChI is InChI=1S/C19H17BrN4S/c1-12-11-13(7-8-14(12)20)24-18(16-6-4-10-22-16)17(23-19(24)25)15-5-2-3-9-21-15/h2-11,17-18,22H,1H3,(H,23,25)/t17-,18-/m0/s1. The second kappa shape index (κ2) is 6.61. The maximum atomic E-state index is 5.69. The van der Waals surface area contributed by atoms with Crippen LogP contribution in [-0.2, 0) is 0 Å². The zero-order valence-electron chi connectivity index (χ0n) is 13.6. The van der Waals surface area contributed by atoms with E-state index < -0.39 is 0 Å². The molecule has 0 radical (unpaired) electrons. The van der Waals surface area contributed by atoms with E-state index in [0.717, 1.165) is 21.5 Å². The molecule has 1 fully saturated rings. The van der Waals surface area contributed by atoms with E-state index in [9.17, 15) is 0 Å². The fourth-order valence-corrected chi connectivity index (χ4v) is 3.85. The first-order valence-corrected chi connectivity index (χ1v) is 9.25. The Kier molecular flexibility index (Phi) is 4.31. The van der Waals surface area contributed by atoms with E-state index in [1.807, 2.05) is 36.7 Å². The average molecular weight is 413 g/mol. The number of rotatable bonds is 3. The molecule has 2 atom stereocenters. The molecule has 1 saturated heterocycles. The van der Waals surface area contributed by atoms with E-state index in [1.54, 1.807) is 0 Å². The molecule has 126 valence electrons. The highest BCUT2D eigenvalue weighted by Crippen LogP contribution is 2.41. The summed E-state index contributed by atoms with van der Waals surface area (Å²) >= 11 is 9.26. The van der Waals surface area contributed by atoms with Crippen molar-refractivity contribution in [2.45, 2.75) is 19.0 Å². The molecule has 0 saturated carbocycles. The smallest absolute Gasteiger partial charge is 0.174 e. The molecule has 3 heterocycles. The molecule has 4 rings (SSSR count). The van der Waals surface area contributed by atoms with Crippen molar-refractivity contribution >= 4 is 38.9 Å². The van der Waals surface area contributed by atoms with Crippen molar-refractivity contribution in [3.8, 4) is 0 Å². The number of thiocarbonyl (C=S) groups is 1. The summed E-state index contributed by atoms with van der Waals surface area (Å²) in [5.41, 5.74) is 4.31. The highest BCUT2D eigenvalue weighted by atomic mass is 79.9.